The van der Waals surface area contributed by atoms with Gasteiger partial charge in [0.05, 0.1) is 16.5 Å². The average Bonchev–Trinajstić information content (AvgIpc) is 3.70. The van der Waals surface area contributed by atoms with Crippen molar-refractivity contribution in [3.05, 3.63) is 184 Å². The molecule has 275 valence electrons. The largest absolute Gasteiger partial charge is 0.460 e. The quantitative estimate of drug-likeness (QED) is 0.158. The van der Waals surface area contributed by atoms with Crippen LogP contribution in [0.1, 0.15) is 77.5 Å². The van der Waals surface area contributed by atoms with E-state index in [4.69, 9.17) is 4.42 Å². The lowest BCUT2D eigenvalue weighted by Crippen LogP contribution is -2.37. The first kappa shape index (κ1) is 35.3. The van der Waals surface area contributed by atoms with Gasteiger partial charge in [0.15, 0.2) is 0 Å². The molecule has 0 amide bonds. The number of hydrogen-bond donors (Lipinski definition) is 0. The number of rotatable bonds is 6. The van der Waals surface area contributed by atoms with E-state index in [-0.39, 0.29) is 5.41 Å². The zero-order valence-electron chi connectivity index (χ0n) is 33.5. The van der Waals surface area contributed by atoms with Crippen LogP contribution < -0.4 is 10.1 Å². The summed E-state index contributed by atoms with van der Waals surface area (Å²) in [6.45, 7) is 18.5. The predicted octanol–water partition coefficient (Wildman–Crippen LogP) is 13.7. The summed E-state index contributed by atoms with van der Waals surface area (Å²) in [5.41, 5.74) is 16.4. The number of furan rings is 1. The average molecular weight is 734 g/mol. The van der Waals surface area contributed by atoms with Crippen LogP contribution in [0.25, 0.3) is 28.2 Å². The minimum Gasteiger partial charge on any atom is -0.460 e. The lowest BCUT2D eigenvalue weighted by molar-refractivity contribution is 0.547. The SMILES string of the molecule is Cc1ccc(C2(c3ccc(C)cc3)c3ccccc3-c3c2cc(N(c2ccc(C(C)(C)C)cc2)c2ccc([Si-](C)(C)C)cc2)c2c4c(oc32)CCC=C4)cc1. The third-order valence-corrected chi connectivity index (χ3v) is 14.1. The van der Waals surface area contributed by atoms with Gasteiger partial charge in [-0.3, -0.25) is 0 Å². The monoisotopic (exact) mass is 733 g/mol. The molecular weight excluding hydrogens is 683 g/mol. The molecule has 0 fully saturated rings. The van der Waals surface area contributed by atoms with E-state index in [2.05, 4.69) is 199 Å². The summed E-state index contributed by atoms with van der Waals surface area (Å²) < 4.78 is 7.21. The molecule has 0 spiro atoms. The number of allylic oxidation sites excluding steroid dienone is 1. The first-order chi connectivity index (χ1) is 26.4. The maximum Gasteiger partial charge on any atom is 0.145 e. The Labute approximate surface area is 328 Å². The topological polar surface area (TPSA) is 16.4 Å². The summed E-state index contributed by atoms with van der Waals surface area (Å²) in [4.78, 5) is 2.50. The molecule has 0 bridgehead atoms. The van der Waals surface area contributed by atoms with Crippen molar-refractivity contribution in [2.45, 2.75) is 77.9 Å². The van der Waals surface area contributed by atoms with Gasteiger partial charge in [0.1, 0.15) is 11.3 Å². The molecule has 6 aromatic carbocycles. The molecular formula is C52H51NOSi-. The van der Waals surface area contributed by atoms with Crippen molar-refractivity contribution in [3.63, 3.8) is 0 Å². The van der Waals surface area contributed by atoms with Crippen LogP contribution in [0.3, 0.4) is 0 Å². The number of hydrogen-bond acceptors (Lipinski definition) is 2. The van der Waals surface area contributed by atoms with Gasteiger partial charge in [-0.2, -0.15) is 24.8 Å². The number of aryl methyl sites for hydroxylation is 3. The zero-order valence-corrected chi connectivity index (χ0v) is 34.5. The molecule has 9 rings (SSSR count). The number of anilines is 3. The van der Waals surface area contributed by atoms with Gasteiger partial charge in [-0.25, -0.2) is 0 Å². The number of benzene rings is 6. The van der Waals surface area contributed by atoms with Crippen molar-refractivity contribution in [1.29, 1.82) is 0 Å². The van der Waals surface area contributed by atoms with Gasteiger partial charge in [-0.05, 0) is 89.4 Å². The Morgan fingerprint density at radius 1 is 0.673 bits per heavy atom. The Morgan fingerprint density at radius 3 is 1.84 bits per heavy atom. The van der Waals surface area contributed by atoms with Gasteiger partial charge in [0.2, 0.25) is 0 Å². The molecule has 0 saturated heterocycles. The molecule has 1 aromatic heterocycles. The van der Waals surface area contributed by atoms with Crippen LogP contribution in [-0.4, -0.2) is 8.07 Å². The third-order valence-electron chi connectivity index (χ3n) is 12.1. The first-order valence-electron chi connectivity index (χ1n) is 19.9. The molecule has 0 saturated carbocycles. The van der Waals surface area contributed by atoms with Crippen LogP contribution in [0.2, 0.25) is 19.6 Å². The van der Waals surface area contributed by atoms with Gasteiger partial charge in [0.25, 0.3) is 0 Å². The summed E-state index contributed by atoms with van der Waals surface area (Å²) in [6, 6.07) is 48.7. The number of fused-ring (bicyclic) bond motifs is 7. The van der Waals surface area contributed by atoms with E-state index in [0.29, 0.717) is 0 Å². The van der Waals surface area contributed by atoms with Crippen LogP contribution >= 0.6 is 0 Å². The highest BCUT2D eigenvalue weighted by molar-refractivity contribution is 6.88. The van der Waals surface area contributed by atoms with Crippen LogP contribution in [0.5, 0.6) is 0 Å². The molecule has 2 aliphatic rings. The molecule has 2 nitrogen and oxygen atoms in total. The summed E-state index contributed by atoms with van der Waals surface area (Å²) in [6.07, 6.45) is 6.50. The van der Waals surface area contributed by atoms with Crippen molar-refractivity contribution in [2.75, 3.05) is 4.90 Å². The number of nitrogens with zero attached hydrogens (tertiary/aromatic N) is 1. The fraction of sp³-hybridized carbons (Fsp3) is 0.231. The Hall–Kier alpha value is -5.38. The normalized spacial score (nSPS) is 14.5. The smallest absolute Gasteiger partial charge is 0.145 e. The summed E-state index contributed by atoms with van der Waals surface area (Å²) in [5.74, 6) is 1.07. The van der Waals surface area contributed by atoms with Crippen molar-refractivity contribution in [2.24, 2.45) is 0 Å². The lowest BCUT2D eigenvalue weighted by Gasteiger charge is -2.35. The Kier molecular flexibility index (Phi) is 8.25. The first-order valence-corrected chi connectivity index (χ1v) is 23.4. The van der Waals surface area contributed by atoms with E-state index in [0.717, 1.165) is 41.2 Å². The Bertz CT molecular complexity index is 2490. The highest BCUT2D eigenvalue weighted by Crippen LogP contribution is 2.61. The molecule has 2 aliphatic carbocycles. The van der Waals surface area contributed by atoms with E-state index in [1.165, 1.54) is 66.2 Å². The second-order valence-electron chi connectivity index (χ2n) is 17.9. The lowest BCUT2D eigenvalue weighted by atomic mass is 9.67. The van der Waals surface area contributed by atoms with Gasteiger partial charge >= 0.3 is 0 Å². The molecule has 0 N–H and O–H groups in total. The van der Waals surface area contributed by atoms with Crippen LogP contribution in [0.15, 0.2) is 138 Å². The fourth-order valence-electron chi connectivity index (χ4n) is 9.06. The maximum atomic E-state index is 7.21. The van der Waals surface area contributed by atoms with Gasteiger partial charge in [0, 0.05) is 28.9 Å². The minimum atomic E-state index is -1.53. The van der Waals surface area contributed by atoms with Gasteiger partial charge in [-0.1, -0.05) is 141 Å². The predicted molar refractivity (Wildman–Crippen MR) is 237 cm³/mol. The fourth-order valence-corrected chi connectivity index (χ4v) is 10.2. The van der Waals surface area contributed by atoms with Crippen molar-refractivity contribution >= 4 is 47.4 Å². The van der Waals surface area contributed by atoms with E-state index in [1.807, 2.05) is 0 Å². The van der Waals surface area contributed by atoms with Gasteiger partial charge < -0.3 is 9.32 Å². The Balaban J connectivity index is 1.43. The van der Waals surface area contributed by atoms with E-state index in [1.54, 1.807) is 0 Å². The van der Waals surface area contributed by atoms with Crippen molar-refractivity contribution in [1.82, 2.24) is 0 Å². The van der Waals surface area contributed by atoms with E-state index < -0.39 is 13.5 Å². The van der Waals surface area contributed by atoms with E-state index in [9.17, 15) is 0 Å². The molecule has 7 aromatic rings. The zero-order chi connectivity index (χ0) is 38.3. The molecule has 3 heteroatoms. The summed E-state index contributed by atoms with van der Waals surface area (Å²) >= 11 is 0. The second-order valence-corrected chi connectivity index (χ2v) is 22.9. The van der Waals surface area contributed by atoms with Crippen molar-refractivity contribution in [3.8, 4) is 11.1 Å². The van der Waals surface area contributed by atoms with Crippen molar-refractivity contribution < 1.29 is 4.42 Å². The third kappa shape index (κ3) is 5.66. The molecule has 0 unspecified atom stereocenters. The summed E-state index contributed by atoms with van der Waals surface area (Å²) in [7, 11) is -1.53. The standard InChI is InChI=1S/C52H51NOSi/c1-34-17-21-37(22-18-34)52(38-23-19-35(2)20-24-38)44-15-11-9-13-42(44)48-45(52)33-46(49-43-14-10-12-16-47(43)54-50(48)49)53(39-27-25-36(26-28-39)51(3,4)5)40-29-31-41(32-30-40)55(6,7)8/h9-11,13-15,17-33H,12,16H2,1-8H3/q-1. The van der Waals surface area contributed by atoms with Crippen LogP contribution in [-0.2, 0) is 17.3 Å². The van der Waals surface area contributed by atoms with Gasteiger partial charge in [-0.15, -0.1) is 8.07 Å². The minimum absolute atomic E-state index is 0.0467. The molecule has 0 aliphatic heterocycles. The maximum absolute atomic E-state index is 7.21. The molecule has 0 radical (unpaired) electrons. The van der Waals surface area contributed by atoms with Crippen LogP contribution in [0, 0.1) is 13.8 Å². The molecule has 0 atom stereocenters. The highest BCUT2D eigenvalue weighted by Gasteiger charge is 2.48. The molecule has 55 heavy (non-hydrogen) atoms. The van der Waals surface area contributed by atoms with Crippen LogP contribution in [0.4, 0.5) is 17.1 Å². The second kappa shape index (κ2) is 12.9. The van der Waals surface area contributed by atoms with E-state index >= 15 is 0 Å². The molecule has 1 heterocycles. The summed E-state index contributed by atoms with van der Waals surface area (Å²) in [5, 5.41) is 2.63. The Morgan fingerprint density at radius 2 is 1.25 bits per heavy atom. The highest BCUT2D eigenvalue weighted by atomic mass is 28.3.